The normalized spacial score (nSPS) is 27.5. The molecule has 2 bridgehead atoms. The third-order valence-electron chi connectivity index (χ3n) is 3.62. The number of ether oxygens (including phenoxy) is 1. The van der Waals surface area contributed by atoms with Crippen molar-refractivity contribution < 1.29 is 9.53 Å². The Labute approximate surface area is 109 Å². The van der Waals surface area contributed by atoms with Gasteiger partial charge < -0.3 is 15.0 Å². The molecule has 4 nitrogen and oxygen atoms in total. The van der Waals surface area contributed by atoms with Crippen LogP contribution in [0.1, 0.15) is 32.1 Å². The maximum absolute atomic E-state index is 11.9. The quantitative estimate of drug-likeness (QED) is 0.774. The lowest BCUT2D eigenvalue weighted by Gasteiger charge is -2.24. The second kappa shape index (κ2) is 7.19. The van der Waals surface area contributed by atoms with Crippen molar-refractivity contribution in [3.8, 4) is 0 Å². The molecular formula is C12H23ClN2O2. The SMILES string of the molecule is COCCCC(=O)N1CCC2CCC(C1)N2.Cl. The maximum Gasteiger partial charge on any atom is 0.222 e. The number of carbonyl (C=O) groups excluding carboxylic acids is 1. The number of fused-ring (bicyclic) bond motifs is 2. The Hall–Kier alpha value is -0.320. The van der Waals surface area contributed by atoms with Crippen LogP contribution in [-0.2, 0) is 9.53 Å². The molecule has 0 spiro atoms. The van der Waals surface area contributed by atoms with Gasteiger partial charge in [-0.15, -0.1) is 12.4 Å². The third-order valence-corrected chi connectivity index (χ3v) is 3.62. The second-order valence-corrected chi connectivity index (χ2v) is 4.86. The minimum Gasteiger partial charge on any atom is -0.385 e. The molecule has 1 N–H and O–H groups in total. The number of nitrogens with zero attached hydrogens (tertiary/aromatic N) is 1. The van der Waals surface area contributed by atoms with Crippen LogP contribution < -0.4 is 5.32 Å². The number of halogens is 1. The molecule has 17 heavy (non-hydrogen) atoms. The molecule has 2 saturated heterocycles. The topological polar surface area (TPSA) is 41.6 Å². The van der Waals surface area contributed by atoms with Gasteiger partial charge >= 0.3 is 0 Å². The fourth-order valence-electron chi connectivity index (χ4n) is 2.70. The molecule has 2 aliphatic heterocycles. The van der Waals surface area contributed by atoms with Gasteiger partial charge in [0.05, 0.1) is 0 Å². The first-order valence-electron chi connectivity index (χ1n) is 6.32. The van der Waals surface area contributed by atoms with Gasteiger partial charge in [-0.2, -0.15) is 0 Å². The van der Waals surface area contributed by atoms with Crippen LogP contribution >= 0.6 is 12.4 Å². The highest BCUT2D eigenvalue weighted by Crippen LogP contribution is 2.20. The Morgan fingerprint density at radius 1 is 1.35 bits per heavy atom. The Kier molecular flexibility index (Phi) is 6.23. The molecule has 2 heterocycles. The lowest BCUT2D eigenvalue weighted by Crippen LogP contribution is -2.39. The fourth-order valence-corrected chi connectivity index (χ4v) is 2.70. The molecule has 1 amide bonds. The summed E-state index contributed by atoms with van der Waals surface area (Å²) in [6.45, 7) is 2.52. The second-order valence-electron chi connectivity index (χ2n) is 4.86. The van der Waals surface area contributed by atoms with E-state index in [0.717, 1.165) is 25.9 Å². The largest absolute Gasteiger partial charge is 0.385 e. The van der Waals surface area contributed by atoms with Crippen LogP contribution in [0.5, 0.6) is 0 Å². The van der Waals surface area contributed by atoms with E-state index >= 15 is 0 Å². The van der Waals surface area contributed by atoms with Gasteiger partial charge in [0.2, 0.25) is 5.91 Å². The molecule has 0 aromatic heterocycles. The van der Waals surface area contributed by atoms with Crippen molar-refractivity contribution in [3.05, 3.63) is 0 Å². The highest BCUT2D eigenvalue weighted by Gasteiger charge is 2.30. The molecule has 2 aliphatic rings. The lowest BCUT2D eigenvalue weighted by atomic mass is 10.1. The van der Waals surface area contributed by atoms with Crippen molar-refractivity contribution in [1.29, 1.82) is 0 Å². The molecule has 100 valence electrons. The van der Waals surface area contributed by atoms with Crippen LogP contribution in [0.25, 0.3) is 0 Å². The summed E-state index contributed by atoms with van der Waals surface area (Å²) in [5, 5.41) is 3.59. The number of nitrogens with one attached hydrogen (secondary N) is 1. The van der Waals surface area contributed by atoms with Gasteiger partial charge in [0.25, 0.3) is 0 Å². The van der Waals surface area contributed by atoms with Crippen molar-refractivity contribution >= 4 is 18.3 Å². The lowest BCUT2D eigenvalue weighted by molar-refractivity contribution is -0.131. The first kappa shape index (κ1) is 14.7. The standard InChI is InChI=1S/C12H22N2O2.ClH/c1-16-8-2-3-12(15)14-7-6-10-4-5-11(9-14)13-10;/h10-11,13H,2-9H2,1H3;1H. The van der Waals surface area contributed by atoms with Crippen molar-refractivity contribution in [1.82, 2.24) is 10.2 Å². The van der Waals surface area contributed by atoms with Gasteiger partial charge in [0, 0.05) is 45.3 Å². The van der Waals surface area contributed by atoms with Crippen LogP contribution in [0.2, 0.25) is 0 Å². The van der Waals surface area contributed by atoms with Crippen molar-refractivity contribution in [2.45, 2.75) is 44.2 Å². The zero-order chi connectivity index (χ0) is 11.4. The van der Waals surface area contributed by atoms with E-state index in [9.17, 15) is 4.79 Å². The van der Waals surface area contributed by atoms with E-state index in [1.807, 2.05) is 4.90 Å². The number of amides is 1. The Bertz CT molecular complexity index is 251. The molecule has 2 atom stereocenters. The molecule has 2 fully saturated rings. The molecule has 2 rings (SSSR count). The van der Waals surface area contributed by atoms with Gasteiger partial charge in [-0.1, -0.05) is 0 Å². The van der Waals surface area contributed by atoms with E-state index in [0.29, 0.717) is 31.0 Å². The molecule has 0 aliphatic carbocycles. The zero-order valence-electron chi connectivity index (χ0n) is 10.5. The molecule has 0 saturated carbocycles. The fraction of sp³-hybridized carbons (Fsp3) is 0.917. The summed E-state index contributed by atoms with van der Waals surface area (Å²) in [7, 11) is 1.68. The first-order chi connectivity index (χ1) is 7.79. The van der Waals surface area contributed by atoms with E-state index in [2.05, 4.69) is 5.32 Å². The highest BCUT2D eigenvalue weighted by atomic mass is 35.5. The van der Waals surface area contributed by atoms with E-state index in [1.54, 1.807) is 7.11 Å². The summed E-state index contributed by atoms with van der Waals surface area (Å²) in [6, 6.07) is 1.20. The average molecular weight is 263 g/mol. The van der Waals surface area contributed by atoms with Crippen molar-refractivity contribution in [2.75, 3.05) is 26.8 Å². The van der Waals surface area contributed by atoms with E-state index < -0.39 is 0 Å². The number of methoxy groups -OCH3 is 1. The van der Waals surface area contributed by atoms with Crippen LogP contribution in [0, 0.1) is 0 Å². The average Bonchev–Trinajstić information content (AvgIpc) is 2.58. The van der Waals surface area contributed by atoms with Crippen LogP contribution in [0.15, 0.2) is 0 Å². The summed E-state index contributed by atoms with van der Waals surface area (Å²) in [5.41, 5.74) is 0. The van der Waals surface area contributed by atoms with Gasteiger partial charge in [0.15, 0.2) is 0 Å². The molecule has 2 unspecified atom stereocenters. The van der Waals surface area contributed by atoms with Gasteiger partial charge in [-0.05, 0) is 25.7 Å². The summed E-state index contributed by atoms with van der Waals surface area (Å²) in [5.74, 6) is 0.298. The summed E-state index contributed by atoms with van der Waals surface area (Å²) in [4.78, 5) is 14.0. The number of carbonyl (C=O) groups is 1. The molecule has 0 aromatic rings. The van der Waals surface area contributed by atoms with E-state index in [4.69, 9.17) is 4.74 Å². The van der Waals surface area contributed by atoms with E-state index in [1.165, 1.54) is 12.8 Å². The van der Waals surface area contributed by atoms with Crippen LogP contribution in [-0.4, -0.2) is 49.7 Å². The molecular weight excluding hydrogens is 240 g/mol. The van der Waals surface area contributed by atoms with Crippen LogP contribution in [0.3, 0.4) is 0 Å². The van der Waals surface area contributed by atoms with Gasteiger partial charge in [-0.25, -0.2) is 0 Å². The first-order valence-corrected chi connectivity index (χ1v) is 6.32. The Balaban J connectivity index is 0.00000144. The van der Waals surface area contributed by atoms with Crippen molar-refractivity contribution in [3.63, 3.8) is 0 Å². The smallest absolute Gasteiger partial charge is 0.222 e. The Morgan fingerprint density at radius 3 is 2.88 bits per heavy atom. The number of likely N-dealkylation sites (tertiary alicyclic amines) is 1. The van der Waals surface area contributed by atoms with Gasteiger partial charge in [0.1, 0.15) is 0 Å². The third kappa shape index (κ3) is 4.12. The highest BCUT2D eigenvalue weighted by molar-refractivity contribution is 5.85. The predicted molar refractivity (Wildman–Crippen MR) is 69.5 cm³/mol. The number of rotatable bonds is 4. The number of hydrogen-bond acceptors (Lipinski definition) is 3. The number of hydrogen-bond donors (Lipinski definition) is 1. The zero-order valence-corrected chi connectivity index (χ0v) is 11.3. The summed E-state index contributed by atoms with van der Waals surface area (Å²) in [6.07, 6.45) is 5.11. The Morgan fingerprint density at radius 2 is 2.12 bits per heavy atom. The minimum absolute atomic E-state index is 0. The van der Waals surface area contributed by atoms with Crippen molar-refractivity contribution in [2.24, 2.45) is 0 Å². The minimum atomic E-state index is 0. The summed E-state index contributed by atoms with van der Waals surface area (Å²) < 4.78 is 4.97. The van der Waals surface area contributed by atoms with E-state index in [-0.39, 0.29) is 12.4 Å². The summed E-state index contributed by atoms with van der Waals surface area (Å²) >= 11 is 0. The van der Waals surface area contributed by atoms with Crippen LogP contribution in [0.4, 0.5) is 0 Å². The van der Waals surface area contributed by atoms with Gasteiger partial charge in [-0.3, -0.25) is 4.79 Å². The molecule has 0 radical (unpaired) electrons. The molecule has 5 heteroatoms. The maximum atomic E-state index is 11.9. The monoisotopic (exact) mass is 262 g/mol. The predicted octanol–water partition coefficient (Wildman–Crippen LogP) is 1.19. The molecule has 0 aromatic carbocycles.